The van der Waals surface area contributed by atoms with Crippen molar-refractivity contribution in [3.8, 4) is 0 Å². The van der Waals surface area contributed by atoms with Gasteiger partial charge in [0.05, 0.1) is 6.54 Å². The van der Waals surface area contributed by atoms with Crippen molar-refractivity contribution < 1.29 is 14.4 Å². The molecule has 0 aliphatic carbocycles. The molecule has 6 heteroatoms. The fourth-order valence-corrected chi connectivity index (χ4v) is 1.83. The Bertz CT molecular complexity index is 461. The lowest BCUT2D eigenvalue weighted by molar-refractivity contribution is -0.137. The van der Waals surface area contributed by atoms with Gasteiger partial charge < -0.3 is 14.9 Å². The van der Waals surface area contributed by atoms with Gasteiger partial charge in [0, 0.05) is 11.8 Å². The van der Waals surface area contributed by atoms with E-state index in [4.69, 9.17) is 9.63 Å². The van der Waals surface area contributed by atoms with Crippen LogP contribution in [0.25, 0.3) is 0 Å². The number of aliphatic carboxylic acids is 1. The fourth-order valence-electron chi connectivity index (χ4n) is 1.83. The Morgan fingerprint density at radius 3 is 2.43 bits per heavy atom. The first-order chi connectivity index (χ1) is 9.60. The van der Waals surface area contributed by atoms with Crippen LogP contribution in [0.5, 0.6) is 0 Å². The van der Waals surface area contributed by atoms with E-state index < -0.39 is 5.97 Å². The number of carboxylic acid groups (broad SMARTS) is 1. The van der Waals surface area contributed by atoms with Crippen LogP contribution in [0.1, 0.15) is 65.6 Å². The lowest BCUT2D eigenvalue weighted by atomic mass is 9.84. The highest BCUT2D eigenvalue weighted by Crippen LogP contribution is 2.26. The molecule has 0 aliphatic heterocycles. The van der Waals surface area contributed by atoms with Crippen molar-refractivity contribution in [1.82, 2.24) is 15.5 Å². The molecule has 0 aliphatic rings. The molecule has 120 valence electrons. The van der Waals surface area contributed by atoms with E-state index >= 15 is 0 Å². The molecule has 0 atom stereocenters. The van der Waals surface area contributed by atoms with Crippen LogP contribution in [-0.4, -0.2) is 27.8 Å². The Morgan fingerprint density at radius 1 is 1.24 bits per heavy atom. The van der Waals surface area contributed by atoms with Crippen LogP contribution in [0.3, 0.4) is 0 Å². The van der Waals surface area contributed by atoms with Gasteiger partial charge in [-0.25, -0.2) is 0 Å². The molecule has 1 rings (SSSR count). The van der Waals surface area contributed by atoms with Crippen molar-refractivity contribution in [3.63, 3.8) is 0 Å². The van der Waals surface area contributed by atoms with Crippen LogP contribution in [0.2, 0.25) is 0 Å². The SMILES string of the molecule is CC(C)(CCNCc1noc(C(C)(C)C)n1)CCC(=O)O. The van der Waals surface area contributed by atoms with Crippen molar-refractivity contribution >= 4 is 5.97 Å². The first-order valence-electron chi connectivity index (χ1n) is 7.36. The minimum Gasteiger partial charge on any atom is -0.481 e. The number of nitrogens with one attached hydrogen (secondary N) is 1. The Balaban J connectivity index is 2.31. The second kappa shape index (κ2) is 7.02. The molecular formula is C15H27N3O3. The number of carboxylic acids is 1. The number of nitrogens with zero attached hydrogens (tertiary/aromatic N) is 2. The summed E-state index contributed by atoms with van der Waals surface area (Å²) in [6.45, 7) is 11.6. The molecule has 0 bridgehead atoms. The normalized spacial score (nSPS) is 12.6. The van der Waals surface area contributed by atoms with E-state index in [1.54, 1.807) is 0 Å². The topological polar surface area (TPSA) is 88.3 Å². The summed E-state index contributed by atoms with van der Waals surface area (Å²) in [6.07, 6.45) is 1.80. The number of rotatable bonds is 8. The van der Waals surface area contributed by atoms with Gasteiger partial charge in [0.1, 0.15) is 0 Å². The quantitative estimate of drug-likeness (QED) is 0.717. The summed E-state index contributed by atoms with van der Waals surface area (Å²) >= 11 is 0. The molecule has 0 aromatic carbocycles. The monoisotopic (exact) mass is 297 g/mol. The summed E-state index contributed by atoms with van der Waals surface area (Å²) < 4.78 is 5.23. The zero-order valence-corrected chi connectivity index (χ0v) is 13.7. The standard InChI is InChI=1S/C15H27N3O3/c1-14(2,3)13-17-11(18-21-13)10-16-9-8-15(4,5)7-6-12(19)20/h16H,6-10H2,1-5H3,(H,19,20). The van der Waals surface area contributed by atoms with E-state index in [9.17, 15) is 4.79 Å². The minimum absolute atomic E-state index is 0.0131. The van der Waals surface area contributed by atoms with Crippen molar-refractivity contribution in [1.29, 1.82) is 0 Å². The van der Waals surface area contributed by atoms with Crippen molar-refractivity contribution in [3.05, 3.63) is 11.7 Å². The molecule has 0 amide bonds. The number of carbonyl (C=O) groups is 1. The Morgan fingerprint density at radius 2 is 1.90 bits per heavy atom. The highest BCUT2D eigenvalue weighted by atomic mass is 16.5. The predicted octanol–water partition coefficient (Wildman–Crippen LogP) is 2.74. The second-order valence-electron chi connectivity index (χ2n) is 7.25. The summed E-state index contributed by atoms with van der Waals surface area (Å²) in [5.74, 6) is 0.557. The first kappa shape index (κ1) is 17.6. The maximum absolute atomic E-state index is 10.6. The number of hydrogen-bond donors (Lipinski definition) is 2. The van der Waals surface area contributed by atoms with Gasteiger partial charge in [-0.3, -0.25) is 4.79 Å². The van der Waals surface area contributed by atoms with E-state index in [0.29, 0.717) is 24.7 Å². The summed E-state index contributed by atoms with van der Waals surface area (Å²) in [6, 6.07) is 0. The molecular weight excluding hydrogens is 270 g/mol. The molecule has 1 heterocycles. The van der Waals surface area contributed by atoms with Crippen LogP contribution in [0.4, 0.5) is 0 Å². The van der Waals surface area contributed by atoms with Crippen LogP contribution in [0.15, 0.2) is 4.52 Å². The molecule has 0 unspecified atom stereocenters. The number of hydrogen-bond acceptors (Lipinski definition) is 5. The first-order valence-corrected chi connectivity index (χ1v) is 7.36. The van der Waals surface area contributed by atoms with Crippen LogP contribution in [0, 0.1) is 5.41 Å². The lowest BCUT2D eigenvalue weighted by Crippen LogP contribution is -2.23. The predicted molar refractivity (Wildman–Crippen MR) is 80.0 cm³/mol. The highest BCUT2D eigenvalue weighted by molar-refractivity contribution is 5.66. The summed E-state index contributed by atoms with van der Waals surface area (Å²) in [4.78, 5) is 15.0. The molecule has 0 radical (unpaired) electrons. The fraction of sp³-hybridized carbons (Fsp3) is 0.800. The summed E-state index contributed by atoms with van der Waals surface area (Å²) in [5.41, 5.74) is -0.122. The summed E-state index contributed by atoms with van der Waals surface area (Å²) in [5, 5.41) is 16.0. The van der Waals surface area contributed by atoms with E-state index in [1.807, 2.05) is 20.8 Å². The molecule has 0 saturated heterocycles. The molecule has 0 saturated carbocycles. The van der Waals surface area contributed by atoms with E-state index in [1.165, 1.54) is 0 Å². The molecule has 1 aromatic heterocycles. The van der Waals surface area contributed by atoms with Gasteiger partial charge in [-0.1, -0.05) is 39.8 Å². The second-order valence-corrected chi connectivity index (χ2v) is 7.25. The largest absolute Gasteiger partial charge is 0.481 e. The van der Waals surface area contributed by atoms with E-state index in [0.717, 1.165) is 13.0 Å². The van der Waals surface area contributed by atoms with Crippen molar-refractivity contribution in [2.45, 2.75) is 65.8 Å². The maximum atomic E-state index is 10.6. The average Bonchev–Trinajstić information content (AvgIpc) is 2.81. The Kier molecular flexibility index (Phi) is 5.89. The molecule has 1 aromatic rings. The van der Waals surface area contributed by atoms with E-state index in [2.05, 4.69) is 29.3 Å². The molecule has 21 heavy (non-hydrogen) atoms. The smallest absolute Gasteiger partial charge is 0.303 e. The molecule has 2 N–H and O–H groups in total. The van der Waals surface area contributed by atoms with Gasteiger partial charge in [0.15, 0.2) is 5.82 Å². The van der Waals surface area contributed by atoms with Gasteiger partial charge in [0.25, 0.3) is 0 Å². The minimum atomic E-state index is -0.738. The number of aromatic nitrogens is 2. The highest BCUT2D eigenvalue weighted by Gasteiger charge is 2.22. The Labute approximate surface area is 126 Å². The molecule has 6 nitrogen and oxygen atoms in total. The van der Waals surface area contributed by atoms with Gasteiger partial charge in [-0.15, -0.1) is 0 Å². The van der Waals surface area contributed by atoms with Crippen LogP contribution < -0.4 is 5.32 Å². The lowest BCUT2D eigenvalue weighted by Gasteiger charge is -2.23. The Hall–Kier alpha value is -1.43. The third-order valence-electron chi connectivity index (χ3n) is 3.39. The molecule has 0 fully saturated rings. The van der Waals surface area contributed by atoms with Gasteiger partial charge in [0.2, 0.25) is 5.89 Å². The van der Waals surface area contributed by atoms with E-state index in [-0.39, 0.29) is 17.3 Å². The third-order valence-corrected chi connectivity index (χ3v) is 3.39. The zero-order valence-electron chi connectivity index (χ0n) is 13.7. The molecule has 0 spiro atoms. The average molecular weight is 297 g/mol. The van der Waals surface area contributed by atoms with Crippen LogP contribution in [-0.2, 0) is 16.8 Å². The third kappa shape index (κ3) is 6.71. The van der Waals surface area contributed by atoms with Gasteiger partial charge in [-0.2, -0.15) is 4.98 Å². The maximum Gasteiger partial charge on any atom is 0.303 e. The van der Waals surface area contributed by atoms with Gasteiger partial charge in [-0.05, 0) is 24.8 Å². The zero-order chi connectivity index (χ0) is 16.1. The van der Waals surface area contributed by atoms with Crippen molar-refractivity contribution in [2.24, 2.45) is 5.41 Å². The van der Waals surface area contributed by atoms with Crippen molar-refractivity contribution in [2.75, 3.05) is 6.54 Å². The summed E-state index contributed by atoms with van der Waals surface area (Å²) in [7, 11) is 0. The van der Waals surface area contributed by atoms with Crippen LogP contribution >= 0.6 is 0 Å². The van der Waals surface area contributed by atoms with Gasteiger partial charge >= 0.3 is 5.97 Å².